The highest BCUT2D eigenvalue weighted by molar-refractivity contribution is 6.02. The minimum Gasteiger partial charge on any atom is -0.486 e. The van der Waals surface area contributed by atoms with Gasteiger partial charge in [0.2, 0.25) is 6.23 Å². The number of para-hydroxylation sites is 1. The van der Waals surface area contributed by atoms with Crippen LogP contribution in [-0.2, 0) is 0 Å². The Labute approximate surface area is 183 Å². The third kappa shape index (κ3) is 3.03. The molecular formula is C24H19N3O5. The van der Waals surface area contributed by atoms with Gasteiger partial charge in [-0.05, 0) is 36.4 Å². The van der Waals surface area contributed by atoms with Crippen LogP contribution in [-0.4, -0.2) is 28.9 Å². The maximum Gasteiger partial charge on any atom is 0.269 e. The average Bonchev–Trinajstić information content (AvgIpc) is 3.29. The molecule has 3 aliphatic rings. The van der Waals surface area contributed by atoms with Gasteiger partial charge in [-0.25, -0.2) is 5.01 Å². The van der Waals surface area contributed by atoms with Crippen molar-refractivity contribution in [3.05, 3.63) is 93.5 Å². The van der Waals surface area contributed by atoms with Crippen molar-refractivity contribution in [1.82, 2.24) is 5.01 Å². The Morgan fingerprint density at radius 3 is 2.53 bits per heavy atom. The van der Waals surface area contributed by atoms with Crippen molar-refractivity contribution >= 4 is 11.4 Å². The molecular weight excluding hydrogens is 410 g/mol. The van der Waals surface area contributed by atoms with Gasteiger partial charge in [0.15, 0.2) is 11.5 Å². The summed E-state index contributed by atoms with van der Waals surface area (Å²) in [5.41, 5.74) is 3.83. The number of hydrazone groups is 1. The van der Waals surface area contributed by atoms with E-state index in [0.717, 1.165) is 39.7 Å². The maximum atomic E-state index is 11.1. The second-order valence-electron chi connectivity index (χ2n) is 7.86. The fourth-order valence-corrected chi connectivity index (χ4v) is 4.41. The van der Waals surface area contributed by atoms with Crippen LogP contribution in [0, 0.1) is 10.1 Å². The van der Waals surface area contributed by atoms with E-state index in [1.807, 2.05) is 41.4 Å². The Hall–Kier alpha value is -4.07. The molecule has 0 bridgehead atoms. The number of hydrogen-bond acceptors (Lipinski definition) is 7. The molecule has 0 unspecified atom stereocenters. The standard InChI is InChI=1S/C24H19N3O5/c28-27(29)17-8-5-15(6-9-17)24-26-20(18-3-1-2-4-21(18)32-24)14-19(25-26)16-7-10-22-23(13-16)31-12-11-30-22/h1-10,13,20,24H,11-12,14H2/t20-,24-/m0/s1. The lowest BCUT2D eigenvalue weighted by Gasteiger charge is -2.38. The lowest BCUT2D eigenvalue weighted by atomic mass is 9.95. The lowest BCUT2D eigenvalue weighted by molar-refractivity contribution is -0.384. The summed E-state index contributed by atoms with van der Waals surface area (Å²) in [6.07, 6.45) is 0.231. The molecule has 0 N–H and O–H groups in total. The molecule has 0 aliphatic carbocycles. The fourth-order valence-electron chi connectivity index (χ4n) is 4.41. The summed E-state index contributed by atoms with van der Waals surface area (Å²) in [5, 5.41) is 18.0. The minimum atomic E-state index is -0.481. The molecule has 3 aromatic carbocycles. The Bertz CT molecular complexity index is 1240. The van der Waals surface area contributed by atoms with E-state index in [1.165, 1.54) is 12.1 Å². The molecule has 3 aliphatic heterocycles. The Morgan fingerprint density at radius 1 is 0.938 bits per heavy atom. The SMILES string of the molecule is O=[N+]([O-])c1ccc([C@@H]2Oc3ccccc3[C@@H]3CC(c4ccc5c(c4)OCCO5)=NN32)cc1. The molecule has 0 saturated carbocycles. The molecule has 8 nitrogen and oxygen atoms in total. The van der Waals surface area contributed by atoms with Gasteiger partial charge < -0.3 is 14.2 Å². The molecule has 0 spiro atoms. The monoisotopic (exact) mass is 429 g/mol. The van der Waals surface area contributed by atoms with E-state index in [9.17, 15) is 10.1 Å². The molecule has 160 valence electrons. The van der Waals surface area contributed by atoms with Crippen LogP contribution in [0.1, 0.15) is 35.4 Å². The van der Waals surface area contributed by atoms with Crippen LogP contribution in [0.4, 0.5) is 5.69 Å². The van der Waals surface area contributed by atoms with Gasteiger partial charge in [-0.1, -0.05) is 18.2 Å². The van der Waals surface area contributed by atoms with Crippen LogP contribution >= 0.6 is 0 Å². The third-order valence-corrected chi connectivity index (χ3v) is 5.96. The highest BCUT2D eigenvalue weighted by Crippen LogP contribution is 2.47. The molecule has 3 aromatic rings. The zero-order valence-electron chi connectivity index (χ0n) is 17.0. The lowest BCUT2D eigenvalue weighted by Crippen LogP contribution is -2.33. The van der Waals surface area contributed by atoms with E-state index in [4.69, 9.17) is 19.3 Å². The van der Waals surface area contributed by atoms with Crippen molar-refractivity contribution in [3.63, 3.8) is 0 Å². The molecule has 8 heteroatoms. The topological polar surface area (TPSA) is 86.4 Å². The largest absolute Gasteiger partial charge is 0.486 e. The summed E-state index contributed by atoms with van der Waals surface area (Å²) in [7, 11) is 0. The number of nitro groups is 1. The first-order chi connectivity index (χ1) is 15.7. The number of nitrogens with zero attached hydrogens (tertiary/aromatic N) is 3. The third-order valence-electron chi connectivity index (χ3n) is 5.96. The van der Waals surface area contributed by atoms with Gasteiger partial charge in [-0.3, -0.25) is 10.1 Å². The molecule has 0 radical (unpaired) electrons. The van der Waals surface area contributed by atoms with Crippen LogP contribution in [0.2, 0.25) is 0 Å². The summed E-state index contributed by atoms with van der Waals surface area (Å²) < 4.78 is 17.7. The van der Waals surface area contributed by atoms with Gasteiger partial charge >= 0.3 is 0 Å². The fraction of sp³-hybridized carbons (Fsp3) is 0.208. The van der Waals surface area contributed by atoms with E-state index in [1.54, 1.807) is 12.1 Å². The Morgan fingerprint density at radius 2 is 1.72 bits per heavy atom. The predicted octanol–water partition coefficient (Wildman–Crippen LogP) is 4.61. The number of rotatable bonds is 3. The molecule has 32 heavy (non-hydrogen) atoms. The molecule has 0 fully saturated rings. The van der Waals surface area contributed by atoms with Gasteiger partial charge in [0.05, 0.1) is 16.7 Å². The normalized spacial score (nSPS) is 20.6. The second kappa shape index (κ2) is 7.26. The Kier molecular flexibility index (Phi) is 4.24. The number of non-ortho nitro benzene ring substituents is 1. The molecule has 0 saturated heterocycles. The van der Waals surface area contributed by atoms with Crippen LogP contribution in [0.5, 0.6) is 17.2 Å². The zero-order chi connectivity index (χ0) is 21.7. The number of fused-ring (bicyclic) bond motifs is 4. The van der Waals surface area contributed by atoms with E-state index >= 15 is 0 Å². The molecule has 2 atom stereocenters. The number of nitro benzene ring substituents is 1. The van der Waals surface area contributed by atoms with E-state index in [-0.39, 0.29) is 11.7 Å². The number of benzene rings is 3. The van der Waals surface area contributed by atoms with Crippen molar-refractivity contribution < 1.29 is 19.1 Å². The van der Waals surface area contributed by atoms with Gasteiger partial charge in [0.25, 0.3) is 5.69 Å². The quantitative estimate of drug-likeness (QED) is 0.446. The zero-order valence-corrected chi connectivity index (χ0v) is 17.0. The predicted molar refractivity (Wildman–Crippen MR) is 116 cm³/mol. The average molecular weight is 429 g/mol. The summed E-state index contributed by atoms with van der Waals surface area (Å²) in [6, 6.07) is 20.3. The van der Waals surface area contributed by atoms with Gasteiger partial charge in [-0.2, -0.15) is 5.10 Å². The summed E-state index contributed by atoms with van der Waals surface area (Å²) in [6.45, 7) is 1.08. The van der Waals surface area contributed by atoms with Crippen molar-refractivity contribution in [2.75, 3.05) is 13.2 Å². The summed E-state index contributed by atoms with van der Waals surface area (Å²) in [4.78, 5) is 10.7. The summed E-state index contributed by atoms with van der Waals surface area (Å²) in [5.74, 6) is 2.27. The van der Waals surface area contributed by atoms with Crippen LogP contribution < -0.4 is 14.2 Å². The van der Waals surface area contributed by atoms with Crippen molar-refractivity contribution in [1.29, 1.82) is 0 Å². The first kappa shape index (κ1) is 18.7. The maximum absolute atomic E-state index is 11.1. The Balaban J connectivity index is 1.39. The second-order valence-corrected chi connectivity index (χ2v) is 7.86. The highest BCUT2D eigenvalue weighted by Gasteiger charge is 2.41. The first-order valence-corrected chi connectivity index (χ1v) is 10.4. The number of ether oxygens (including phenoxy) is 3. The molecule has 0 amide bonds. The van der Waals surface area contributed by atoms with E-state index in [0.29, 0.717) is 19.6 Å². The molecule has 3 heterocycles. The van der Waals surface area contributed by atoms with Crippen molar-refractivity contribution in [3.8, 4) is 17.2 Å². The van der Waals surface area contributed by atoms with Crippen LogP contribution in [0.3, 0.4) is 0 Å². The molecule has 6 rings (SSSR count). The molecule has 0 aromatic heterocycles. The van der Waals surface area contributed by atoms with Gasteiger partial charge in [0, 0.05) is 35.2 Å². The van der Waals surface area contributed by atoms with E-state index in [2.05, 4.69) is 6.07 Å². The van der Waals surface area contributed by atoms with Gasteiger partial charge in [0.1, 0.15) is 19.0 Å². The van der Waals surface area contributed by atoms with Gasteiger partial charge in [-0.15, -0.1) is 0 Å². The number of hydrogen-bond donors (Lipinski definition) is 0. The minimum absolute atomic E-state index is 0.00310. The highest BCUT2D eigenvalue weighted by atomic mass is 16.6. The van der Waals surface area contributed by atoms with Crippen molar-refractivity contribution in [2.45, 2.75) is 18.7 Å². The smallest absolute Gasteiger partial charge is 0.269 e. The first-order valence-electron chi connectivity index (χ1n) is 10.4. The van der Waals surface area contributed by atoms with Crippen LogP contribution in [0.25, 0.3) is 0 Å². The van der Waals surface area contributed by atoms with Crippen molar-refractivity contribution in [2.24, 2.45) is 5.10 Å². The summed E-state index contributed by atoms with van der Waals surface area (Å²) >= 11 is 0. The van der Waals surface area contributed by atoms with E-state index < -0.39 is 11.2 Å². The van der Waals surface area contributed by atoms with Crippen LogP contribution in [0.15, 0.2) is 71.8 Å².